The summed E-state index contributed by atoms with van der Waals surface area (Å²) < 4.78 is 11.7. The molecule has 3 unspecified atom stereocenters. The highest BCUT2D eigenvalue weighted by Gasteiger charge is 2.41. The summed E-state index contributed by atoms with van der Waals surface area (Å²) >= 11 is 0. The van der Waals surface area contributed by atoms with Gasteiger partial charge in [-0.1, -0.05) is 26.7 Å². The van der Waals surface area contributed by atoms with Crippen molar-refractivity contribution in [3.8, 4) is 0 Å². The van der Waals surface area contributed by atoms with E-state index in [1.54, 1.807) is 0 Å². The average molecular weight is 229 g/mol. The second-order valence-corrected chi connectivity index (χ2v) is 4.58. The molecule has 0 aromatic rings. The Hall–Kier alpha value is -0.120. The molecule has 16 heavy (non-hydrogen) atoms. The predicted molar refractivity (Wildman–Crippen MR) is 66.8 cm³/mol. The van der Waals surface area contributed by atoms with Crippen molar-refractivity contribution in [1.29, 1.82) is 0 Å². The van der Waals surface area contributed by atoms with Gasteiger partial charge in [-0.05, 0) is 26.3 Å². The molecule has 1 N–H and O–H groups in total. The van der Waals surface area contributed by atoms with E-state index in [9.17, 15) is 0 Å². The van der Waals surface area contributed by atoms with Crippen molar-refractivity contribution >= 4 is 0 Å². The number of rotatable bonds is 9. The molecule has 1 aliphatic carbocycles. The summed E-state index contributed by atoms with van der Waals surface area (Å²) in [6.45, 7) is 6.09. The molecule has 0 amide bonds. The Balaban J connectivity index is 2.15. The highest BCUT2D eigenvalue weighted by Crippen LogP contribution is 2.27. The number of hydrogen-bond acceptors (Lipinski definition) is 3. The summed E-state index contributed by atoms with van der Waals surface area (Å²) in [5.74, 6) is 0. The van der Waals surface area contributed by atoms with Crippen LogP contribution < -0.4 is 5.32 Å². The molecule has 0 spiro atoms. The van der Waals surface area contributed by atoms with Gasteiger partial charge in [0.2, 0.25) is 0 Å². The van der Waals surface area contributed by atoms with Crippen LogP contribution in [-0.2, 0) is 9.47 Å². The average Bonchev–Trinajstić information content (AvgIpc) is 2.28. The SMILES string of the molecule is CCCCCOC1CC(NC)C1OCCC. The van der Waals surface area contributed by atoms with Gasteiger partial charge in [-0.25, -0.2) is 0 Å². The number of nitrogens with one attached hydrogen (secondary N) is 1. The first-order valence-electron chi connectivity index (χ1n) is 6.73. The highest BCUT2D eigenvalue weighted by molar-refractivity contribution is 4.96. The Kier molecular flexibility index (Phi) is 7.01. The number of unbranched alkanes of at least 4 members (excludes halogenated alkanes) is 2. The lowest BCUT2D eigenvalue weighted by atomic mass is 9.85. The van der Waals surface area contributed by atoms with Gasteiger partial charge in [0.15, 0.2) is 0 Å². The fourth-order valence-corrected chi connectivity index (χ4v) is 2.09. The normalized spacial score (nSPS) is 29.1. The third-order valence-corrected chi connectivity index (χ3v) is 3.21. The second kappa shape index (κ2) is 8.04. The minimum Gasteiger partial charge on any atom is -0.375 e. The van der Waals surface area contributed by atoms with Crippen LogP contribution in [0.1, 0.15) is 46.0 Å². The maximum Gasteiger partial charge on any atom is 0.0990 e. The van der Waals surface area contributed by atoms with Crippen LogP contribution in [-0.4, -0.2) is 38.5 Å². The van der Waals surface area contributed by atoms with Crippen molar-refractivity contribution < 1.29 is 9.47 Å². The topological polar surface area (TPSA) is 30.5 Å². The van der Waals surface area contributed by atoms with E-state index in [2.05, 4.69) is 19.2 Å². The van der Waals surface area contributed by atoms with Crippen LogP contribution in [0, 0.1) is 0 Å². The van der Waals surface area contributed by atoms with Crippen LogP contribution >= 0.6 is 0 Å². The van der Waals surface area contributed by atoms with Crippen LogP contribution in [0.4, 0.5) is 0 Å². The third kappa shape index (κ3) is 4.04. The third-order valence-electron chi connectivity index (χ3n) is 3.21. The predicted octanol–water partition coefficient (Wildman–Crippen LogP) is 2.35. The summed E-state index contributed by atoms with van der Waals surface area (Å²) in [5, 5.41) is 3.29. The molecule has 3 atom stereocenters. The standard InChI is InChI=1S/C13H27NO2/c1-4-6-7-9-15-12-10-11(14-3)13(12)16-8-5-2/h11-14H,4-10H2,1-3H3. The van der Waals surface area contributed by atoms with Crippen LogP contribution in [0.15, 0.2) is 0 Å². The van der Waals surface area contributed by atoms with Gasteiger partial charge in [0.1, 0.15) is 0 Å². The molecule has 0 bridgehead atoms. The lowest BCUT2D eigenvalue weighted by molar-refractivity contribution is -0.146. The quantitative estimate of drug-likeness (QED) is 0.616. The van der Waals surface area contributed by atoms with Crippen LogP contribution in [0.2, 0.25) is 0 Å². The van der Waals surface area contributed by atoms with Crippen molar-refractivity contribution in [2.45, 2.75) is 64.2 Å². The molecule has 0 aromatic carbocycles. The highest BCUT2D eigenvalue weighted by atomic mass is 16.5. The van der Waals surface area contributed by atoms with Crippen LogP contribution in [0.5, 0.6) is 0 Å². The molecule has 3 nitrogen and oxygen atoms in total. The lowest BCUT2D eigenvalue weighted by Gasteiger charge is -2.43. The molecule has 0 saturated heterocycles. The maximum atomic E-state index is 5.86. The van der Waals surface area contributed by atoms with Crippen LogP contribution in [0.25, 0.3) is 0 Å². The van der Waals surface area contributed by atoms with Crippen molar-refractivity contribution in [2.75, 3.05) is 20.3 Å². The molecule has 1 aliphatic rings. The fraction of sp³-hybridized carbons (Fsp3) is 1.00. The van der Waals surface area contributed by atoms with Crippen LogP contribution in [0.3, 0.4) is 0 Å². The molecular weight excluding hydrogens is 202 g/mol. The van der Waals surface area contributed by atoms with E-state index in [0.29, 0.717) is 12.1 Å². The van der Waals surface area contributed by atoms with Gasteiger partial charge in [-0.15, -0.1) is 0 Å². The molecule has 1 fully saturated rings. The Bertz CT molecular complexity index is 175. The molecular formula is C13H27NO2. The van der Waals surface area contributed by atoms with E-state index in [-0.39, 0.29) is 6.10 Å². The van der Waals surface area contributed by atoms with Crippen molar-refractivity contribution in [2.24, 2.45) is 0 Å². The van der Waals surface area contributed by atoms with Gasteiger partial charge in [0.05, 0.1) is 12.2 Å². The summed E-state index contributed by atoms with van der Waals surface area (Å²) in [6, 6.07) is 0.489. The summed E-state index contributed by atoms with van der Waals surface area (Å²) in [6.07, 6.45) is 6.46. The zero-order valence-corrected chi connectivity index (χ0v) is 11.0. The number of likely N-dealkylation sites (N-methyl/N-ethyl adjacent to an activating group) is 1. The molecule has 0 aromatic heterocycles. The van der Waals surface area contributed by atoms with Crippen molar-refractivity contribution in [3.63, 3.8) is 0 Å². The summed E-state index contributed by atoms with van der Waals surface area (Å²) in [4.78, 5) is 0. The Labute approximate surface area is 99.9 Å². The minimum absolute atomic E-state index is 0.270. The molecule has 0 aliphatic heterocycles. The minimum atomic E-state index is 0.270. The maximum absolute atomic E-state index is 5.86. The van der Waals surface area contributed by atoms with Gasteiger partial charge in [0.25, 0.3) is 0 Å². The fourth-order valence-electron chi connectivity index (χ4n) is 2.09. The first-order valence-corrected chi connectivity index (χ1v) is 6.73. The van der Waals surface area contributed by atoms with E-state index >= 15 is 0 Å². The molecule has 0 heterocycles. The van der Waals surface area contributed by atoms with Gasteiger partial charge < -0.3 is 14.8 Å². The van der Waals surface area contributed by atoms with E-state index in [1.165, 1.54) is 19.3 Å². The summed E-state index contributed by atoms with van der Waals surface area (Å²) in [5.41, 5.74) is 0. The number of hydrogen-bond donors (Lipinski definition) is 1. The smallest absolute Gasteiger partial charge is 0.0990 e. The Morgan fingerprint density at radius 3 is 2.50 bits per heavy atom. The Morgan fingerprint density at radius 1 is 1.06 bits per heavy atom. The van der Waals surface area contributed by atoms with Gasteiger partial charge in [-0.2, -0.15) is 0 Å². The number of ether oxygens (including phenoxy) is 2. The Morgan fingerprint density at radius 2 is 1.88 bits per heavy atom. The monoisotopic (exact) mass is 229 g/mol. The van der Waals surface area contributed by atoms with E-state index < -0.39 is 0 Å². The van der Waals surface area contributed by atoms with Gasteiger partial charge >= 0.3 is 0 Å². The second-order valence-electron chi connectivity index (χ2n) is 4.58. The molecule has 1 saturated carbocycles. The molecule has 0 radical (unpaired) electrons. The lowest BCUT2D eigenvalue weighted by Crippen LogP contribution is -2.59. The van der Waals surface area contributed by atoms with E-state index in [4.69, 9.17) is 9.47 Å². The molecule has 3 heteroatoms. The van der Waals surface area contributed by atoms with E-state index in [1.807, 2.05) is 7.05 Å². The molecule has 1 rings (SSSR count). The zero-order chi connectivity index (χ0) is 11.8. The first kappa shape index (κ1) is 13.9. The van der Waals surface area contributed by atoms with Crippen molar-refractivity contribution in [1.82, 2.24) is 5.32 Å². The summed E-state index contributed by atoms with van der Waals surface area (Å²) in [7, 11) is 2.00. The zero-order valence-electron chi connectivity index (χ0n) is 11.0. The van der Waals surface area contributed by atoms with Crippen molar-refractivity contribution in [3.05, 3.63) is 0 Å². The largest absolute Gasteiger partial charge is 0.375 e. The van der Waals surface area contributed by atoms with Gasteiger partial charge in [0, 0.05) is 19.3 Å². The van der Waals surface area contributed by atoms with E-state index in [0.717, 1.165) is 26.1 Å². The van der Waals surface area contributed by atoms with Gasteiger partial charge in [-0.3, -0.25) is 0 Å². The molecule has 96 valence electrons. The first-order chi connectivity index (χ1) is 7.83.